The zero-order valence-electron chi connectivity index (χ0n) is 21.1. The molecule has 8 nitrogen and oxygen atoms in total. The predicted molar refractivity (Wildman–Crippen MR) is 126 cm³/mol. The number of ether oxygens (including phenoxy) is 3. The lowest BCUT2D eigenvalue weighted by molar-refractivity contribution is -0.130. The number of carbonyl (C=O) groups excluding carboxylic acids is 3. The molecule has 0 fully saturated rings. The molecule has 8 heteroatoms. The van der Waals surface area contributed by atoms with Crippen molar-refractivity contribution in [3.8, 4) is 0 Å². The van der Waals surface area contributed by atoms with Gasteiger partial charge in [-0.1, -0.05) is 20.8 Å². The molecular formula is C24H46N2O6. The third kappa shape index (κ3) is 15.5. The first kappa shape index (κ1) is 30.6. The lowest BCUT2D eigenvalue weighted by Crippen LogP contribution is -2.46. The minimum Gasteiger partial charge on any atom is -0.379 e. The summed E-state index contributed by atoms with van der Waals surface area (Å²) in [6.45, 7) is 15.6. The number of nitrogens with one attached hydrogen (secondary N) is 2. The average molecular weight is 459 g/mol. The molecule has 32 heavy (non-hydrogen) atoms. The molecule has 0 unspecified atom stereocenters. The lowest BCUT2D eigenvalue weighted by atomic mass is 9.83. The van der Waals surface area contributed by atoms with Gasteiger partial charge in [-0.2, -0.15) is 0 Å². The summed E-state index contributed by atoms with van der Waals surface area (Å²) in [6.07, 6.45) is 2.87. The molecule has 2 N–H and O–H groups in total. The third-order valence-corrected chi connectivity index (χ3v) is 5.66. The minimum absolute atomic E-state index is 0.0908. The first-order valence-electron chi connectivity index (χ1n) is 11.8. The lowest BCUT2D eigenvalue weighted by Gasteiger charge is -2.22. The van der Waals surface area contributed by atoms with Crippen LogP contribution in [0.5, 0.6) is 0 Å². The number of amides is 1. The van der Waals surface area contributed by atoms with Gasteiger partial charge in [0.2, 0.25) is 5.91 Å². The van der Waals surface area contributed by atoms with Crippen molar-refractivity contribution in [2.24, 2.45) is 5.41 Å². The van der Waals surface area contributed by atoms with Crippen LogP contribution in [0.2, 0.25) is 0 Å². The van der Waals surface area contributed by atoms with Crippen molar-refractivity contribution < 1.29 is 28.6 Å². The standard InChI is InChI=1S/C24H46N2O6/c1-7-23(3,4)21(28)10-11-22(29)25-12-8-14-30-16-18-32-19-17-31-15-9-13-26-24(5,6)20(2)27/h26H,7-19H2,1-6H3,(H,25,29). The fourth-order valence-electron chi connectivity index (χ4n) is 2.49. The van der Waals surface area contributed by atoms with Crippen LogP contribution in [0.15, 0.2) is 0 Å². The van der Waals surface area contributed by atoms with E-state index in [0.29, 0.717) is 52.6 Å². The number of rotatable bonds is 21. The third-order valence-electron chi connectivity index (χ3n) is 5.66. The van der Waals surface area contributed by atoms with E-state index in [1.54, 1.807) is 6.92 Å². The highest BCUT2D eigenvalue weighted by Gasteiger charge is 2.25. The van der Waals surface area contributed by atoms with Crippen molar-refractivity contribution in [2.75, 3.05) is 52.7 Å². The van der Waals surface area contributed by atoms with Crippen LogP contribution in [0.25, 0.3) is 0 Å². The summed E-state index contributed by atoms with van der Waals surface area (Å²) >= 11 is 0. The van der Waals surface area contributed by atoms with E-state index in [4.69, 9.17) is 14.2 Å². The van der Waals surface area contributed by atoms with Gasteiger partial charge in [0, 0.05) is 38.0 Å². The number of Topliss-reactive ketones (excluding diaryl/α,β-unsaturated/α-hetero) is 2. The van der Waals surface area contributed by atoms with E-state index in [-0.39, 0.29) is 29.3 Å². The largest absolute Gasteiger partial charge is 0.379 e. The maximum Gasteiger partial charge on any atom is 0.220 e. The molecule has 0 spiro atoms. The molecule has 1 amide bonds. The van der Waals surface area contributed by atoms with E-state index in [9.17, 15) is 14.4 Å². The van der Waals surface area contributed by atoms with Crippen LogP contribution >= 0.6 is 0 Å². The molecule has 0 aromatic heterocycles. The second-order valence-corrected chi connectivity index (χ2v) is 9.16. The second-order valence-electron chi connectivity index (χ2n) is 9.16. The fraction of sp³-hybridized carbons (Fsp3) is 0.875. The SMILES string of the molecule is CCC(C)(C)C(=O)CCC(=O)NCCCOCCOCCOCCCNC(C)(C)C(C)=O. The van der Waals surface area contributed by atoms with Gasteiger partial charge in [-0.05, 0) is 46.6 Å². The molecule has 188 valence electrons. The van der Waals surface area contributed by atoms with Crippen molar-refractivity contribution in [1.82, 2.24) is 10.6 Å². The van der Waals surface area contributed by atoms with Gasteiger partial charge >= 0.3 is 0 Å². The minimum atomic E-state index is -0.485. The molecule has 0 radical (unpaired) electrons. The summed E-state index contributed by atoms with van der Waals surface area (Å²) in [4.78, 5) is 35.2. The Morgan fingerprint density at radius 1 is 0.750 bits per heavy atom. The zero-order chi connectivity index (χ0) is 24.5. The monoisotopic (exact) mass is 458 g/mol. The van der Waals surface area contributed by atoms with Crippen LogP contribution in [-0.4, -0.2) is 75.7 Å². The normalized spacial score (nSPS) is 12.1. The number of carbonyl (C=O) groups is 3. The first-order chi connectivity index (χ1) is 15.0. The van der Waals surface area contributed by atoms with Gasteiger partial charge < -0.3 is 24.8 Å². The maximum absolute atomic E-state index is 12.0. The summed E-state index contributed by atoms with van der Waals surface area (Å²) in [5.41, 5.74) is -0.838. The molecular weight excluding hydrogens is 412 g/mol. The van der Waals surface area contributed by atoms with Crippen LogP contribution in [-0.2, 0) is 28.6 Å². The molecule has 0 saturated heterocycles. The summed E-state index contributed by atoms with van der Waals surface area (Å²) in [7, 11) is 0. The zero-order valence-corrected chi connectivity index (χ0v) is 21.1. The Morgan fingerprint density at radius 3 is 1.75 bits per heavy atom. The van der Waals surface area contributed by atoms with Crippen molar-refractivity contribution in [2.45, 2.75) is 79.2 Å². The maximum atomic E-state index is 12.0. The van der Waals surface area contributed by atoms with Crippen molar-refractivity contribution >= 4 is 17.5 Å². The predicted octanol–water partition coefficient (Wildman–Crippen LogP) is 2.68. The molecule has 0 rings (SSSR count). The molecule has 0 saturated carbocycles. The fourth-order valence-corrected chi connectivity index (χ4v) is 2.49. The van der Waals surface area contributed by atoms with Gasteiger partial charge in [0.25, 0.3) is 0 Å². The van der Waals surface area contributed by atoms with Crippen LogP contribution in [0.4, 0.5) is 0 Å². The Balaban J connectivity index is 3.40. The molecule has 0 aliphatic carbocycles. The first-order valence-corrected chi connectivity index (χ1v) is 11.8. The number of ketones is 2. The van der Waals surface area contributed by atoms with Gasteiger partial charge in [-0.15, -0.1) is 0 Å². The molecule has 0 aromatic carbocycles. The average Bonchev–Trinajstić information content (AvgIpc) is 2.74. The highest BCUT2D eigenvalue weighted by Crippen LogP contribution is 2.23. The van der Waals surface area contributed by atoms with E-state index in [0.717, 1.165) is 25.8 Å². The van der Waals surface area contributed by atoms with Crippen molar-refractivity contribution in [3.63, 3.8) is 0 Å². The van der Waals surface area contributed by atoms with Gasteiger partial charge in [0.1, 0.15) is 11.6 Å². The molecule has 0 aliphatic rings. The molecule has 0 aromatic rings. The van der Waals surface area contributed by atoms with E-state index in [2.05, 4.69) is 10.6 Å². The summed E-state index contributed by atoms with van der Waals surface area (Å²) in [5.74, 6) is 0.167. The van der Waals surface area contributed by atoms with Crippen molar-refractivity contribution in [3.05, 3.63) is 0 Å². The summed E-state index contributed by atoms with van der Waals surface area (Å²) in [5, 5.41) is 6.03. The van der Waals surface area contributed by atoms with Gasteiger partial charge in [0.05, 0.1) is 32.0 Å². The highest BCUT2D eigenvalue weighted by molar-refractivity contribution is 5.88. The second kappa shape index (κ2) is 17.2. The van der Waals surface area contributed by atoms with Gasteiger partial charge in [-0.3, -0.25) is 14.4 Å². The van der Waals surface area contributed by atoms with E-state index >= 15 is 0 Å². The Bertz CT molecular complexity index is 549. The van der Waals surface area contributed by atoms with Crippen LogP contribution in [0, 0.1) is 5.41 Å². The van der Waals surface area contributed by atoms with E-state index < -0.39 is 5.54 Å². The Labute approximate surface area is 194 Å². The summed E-state index contributed by atoms with van der Waals surface area (Å²) < 4.78 is 16.4. The number of hydrogen-bond donors (Lipinski definition) is 2. The van der Waals surface area contributed by atoms with Crippen molar-refractivity contribution in [1.29, 1.82) is 0 Å². The van der Waals surface area contributed by atoms with Crippen LogP contribution in [0.3, 0.4) is 0 Å². The van der Waals surface area contributed by atoms with Crippen LogP contribution < -0.4 is 10.6 Å². The van der Waals surface area contributed by atoms with E-state index in [1.165, 1.54) is 0 Å². The quantitative estimate of drug-likeness (QED) is 0.255. The Kier molecular flexibility index (Phi) is 16.4. The van der Waals surface area contributed by atoms with E-state index in [1.807, 2.05) is 34.6 Å². The topological polar surface area (TPSA) is 103 Å². The Hall–Kier alpha value is -1.35. The number of hydrogen-bond acceptors (Lipinski definition) is 7. The molecule has 0 bridgehead atoms. The highest BCUT2D eigenvalue weighted by atomic mass is 16.5. The smallest absolute Gasteiger partial charge is 0.220 e. The molecule has 0 atom stereocenters. The summed E-state index contributed by atoms with van der Waals surface area (Å²) in [6, 6.07) is 0. The Morgan fingerprint density at radius 2 is 1.25 bits per heavy atom. The van der Waals surface area contributed by atoms with Gasteiger partial charge in [0.15, 0.2) is 0 Å². The molecule has 0 aliphatic heterocycles. The van der Waals surface area contributed by atoms with Gasteiger partial charge in [-0.25, -0.2) is 0 Å². The molecule has 0 heterocycles. The van der Waals surface area contributed by atoms with Crippen LogP contribution in [0.1, 0.15) is 73.6 Å².